The maximum absolute atomic E-state index is 13.1. The lowest BCUT2D eigenvalue weighted by molar-refractivity contribution is 0.253. The van der Waals surface area contributed by atoms with Crippen molar-refractivity contribution >= 4 is 28.6 Å². The molecule has 1 heterocycles. The number of fused-ring (bicyclic) bond motifs is 1. The number of urea groups is 1. The van der Waals surface area contributed by atoms with Crippen molar-refractivity contribution in [2.75, 3.05) is 10.7 Å². The molecule has 0 aliphatic rings. The summed E-state index contributed by atoms with van der Waals surface area (Å²) >= 11 is 0. The summed E-state index contributed by atoms with van der Waals surface area (Å²) in [5, 5.41) is 12.0. The smallest absolute Gasteiger partial charge is 0.307 e. The monoisotopic (exact) mass is 396 g/mol. The number of carbonyl (C=O) groups excluding carboxylic acids is 1. The van der Waals surface area contributed by atoms with Gasteiger partial charge in [0.1, 0.15) is 0 Å². The summed E-state index contributed by atoms with van der Waals surface area (Å²) in [5.41, 5.74) is 6.92. The van der Waals surface area contributed by atoms with Crippen molar-refractivity contribution in [3.05, 3.63) is 94.8 Å². The van der Waals surface area contributed by atoms with Crippen LogP contribution in [0.25, 0.3) is 16.6 Å². The van der Waals surface area contributed by atoms with E-state index in [0.717, 1.165) is 0 Å². The van der Waals surface area contributed by atoms with Gasteiger partial charge in [-0.15, -0.1) is 0 Å². The van der Waals surface area contributed by atoms with Crippen molar-refractivity contribution in [1.29, 1.82) is 5.26 Å². The lowest BCUT2D eigenvalue weighted by atomic mass is 10.2. The predicted octanol–water partition coefficient (Wildman–Crippen LogP) is 3.41. The zero-order valence-electron chi connectivity index (χ0n) is 15.7. The van der Waals surface area contributed by atoms with E-state index in [1.165, 1.54) is 4.57 Å². The largest absolute Gasteiger partial charge is 0.337 e. The SMILES string of the molecule is N#Cc1cccc(NC(=O)NNc2nc3ccccc3c(=O)n2-c2ccccc2)c1. The maximum atomic E-state index is 13.1. The third kappa shape index (κ3) is 3.81. The summed E-state index contributed by atoms with van der Waals surface area (Å²) in [7, 11) is 0. The molecule has 1 aromatic heterocycles. The molecular formula is C22H16N6O2. The van der Waals surface area contributed by atoms with E-state index >= 15 is 0 Å². The Balaban J connectivity index is 1.64. The third-order valence-electron chi connectivity index (χ3n) is 4.33. The van der Waals surface area contributed by atoms with Crippen molar-refractivity contribution < 1.29 is 4.79 Å². The van der Waals surface area contributed by atoms with Gasteiger partial charge in [0.2, 0.25) is 5.95 Å². The highest BCUT2D eigenvalue weighted by atomic mass is 16.2. The fourth-order valence-corrected chi connectivity index (χ4v) is 2.97. The molecule has 0 bridgehead atoms. The van der Waals surface area contributed by atoms with Crippen molar-refractivity contribution in [2.24, 2.45) is 0 Å². The second-order valence-corrected chi connectivity index (χ2v) is 6.33. The number of nitrogens with zero attached hydrogens (tertiary/aromatic N) is 3. The number of anilines is 2. The van der Waals surface area contributed by atoms with Gasteiger partial charge in [-0.05, 0) is 42.5 Å². The molecule has 2 amide bonds. The first-order chi connectivity index (χ1) is 14.7. The van der Waals surface area contributed by atoms with Crippen LogP contribution >= 0.6 is 0 Å². The van der Waals surface area contributed by atoms with Crippen LogP contribution in [0.3, 0.4) is 0 Å². The summed E-state index contributed by atoms with van der Waals surface area (Å²) < 4.78 is 1.39. The van der Waals surface area contributed by atoms with E-state index in [0.29, 0.717) is 27.8 Å². The quantitative estimate of drug-likeness (QED) is 0.458. The number of amides is 2. The Morgan fingerprint density at radius 1 is 0.967 bits per heavy atom. The average Bonchev–Trinajstić information content (AvgIpc) is 2.78. The molecule has 3 aromatic carbocycles. The minimum absolute atomic E-state index is 0.158. The Bertz CT molecular complexity index is 1330. The van der Waals surface area contributed by atoms with Crippen molar-refractivity contribution in [1.82, 2.24) is 15.0 Å². The maximum Gasteiger partial charge on any atom is 0.337 e. The number of nitriles is 1. The molecule has 0 saturated heterocycles. The molecule has 0 saturated carbocycles. The summed E-state index contributed by atoms with van der Waals surface area (Å²) in [4.78, 5) is 29.9. The number of nitrogens with one attached hydrogen (secondary N) is 3. The van der Waals surface area contributed by atoms with Gasteiger partial charge in [0.15, 0.2) is 0 Å². The number of rotatable bonds is 4. The van der Waals surface area contributed by atoms with Gasteiger partial charge in [0, 0.05) is 5.69 Å². The molecular weight excluding hydrogens is 380 g/mol. The van der Waals surface area contributed by atoms with Crippen molar-refractivity contribution in [3.8, 4) is 11.8 Å². The van der Waals surface area contributed by atoms with E-state index in [2.05, 4.69) is 21.2 Å². The third-order valence-corrected chi connectivity index (χ3v) is 4.33. The molecule has 0 atom stereocenters. The number of hydrogen-bond donors (Lipinski definition) is 3. The molecule has 0 aliphatic heterocycles. The molecule has 0 radical (unpaired) electrons. The molecule has 30 heavy (non-hydrogen) atoms. The number of carbonyl (C=O) groups is 1. The molecule has 4 aromatic rings. The standard InChI is InChI=1S/C22H16N6O2/c23-14-15-7-6-8-16(13-15)24-22(30)27-26-21-25-19-12-5-4-11-18(19)20(29)28(21)17-9-2-1-3-10-17/h1-13H,(H,25,26)(H2,24,27,30). The van der Waals surface area contributed by atoms with E-state index in [9.17, 15) is 9.59 Å². The van der Waals surface area contributed by atoms with Crippen molar-refractivity contribution in [3.63, 3.8) is 0 Å². The van der Waals surface area contributed by atoms with Gasteiger partial charge < -0.3 is 5.32 Å². The molecule has 146 valence electrons. The first-order valence-electron chi connectivity index (χ1n) is 9.06. The van der Waals surface area contributed by atoms with Crippen LogP contribution in [0.5, 0.6) is 0 Å². The number of aromatic nitrogens is 2. The second kappa shape index (κ2) is 8.16. The van der Waals surface area contributed by atoms with E-state index in [4.69, 9.17) is 5.26 Å². The van der Waals surface area contributed by atoms with Crippen LogP contribution in [0.4, 0.5) is 16.4 Å². The predicted molar refractivity (Wildman–Crippen MR) is 114 cm³/mol. The Morgan fingerprint density at radius 2 is 1.73 bits per heavy atom. The van der Waals surface area contributed by atoms with Gasteiger partial charge in [0.25, 0.3) is 5.56 Å². The molecule has 3 N–H and O–H groups in total. The van der Waals surface area contributed by atoms with Gasteiger partial charge in [-0.25, -0.2) is 19.8 Å². The van der Waals surface area contributed by atoms with Gasteiger partial charge in [0.05, 0.1) is 28.2 Å². The molecule has 8 heteroatoms. The number of hydrazine groups is 1. The zero-order valence-corrected chi connectivity index (χ0v) is 15.7. The lowest BCUT2D eigenvalue weighted by Crippen LogP contribution is -2.36. The van der Waals surface area contributed by atoms with Crippen LogP contribution < -0.4 is 21.7 Å². The van der Waals surface area contributed by atoms with E-state index < -0.39 is 6.03 Å². The molecule has 0 unspecified atom stereocenters. The van der Waals surface area contributed by atoms with Crippen LogP contribution in [0, 0.1) is 11.3 Å². The van der Waals surface area contributed by atoms with Gasteiger partial charge in [-0.3, -0.25) is 10.2 Å². The Kier molecular flexibility index (Phi) is 5.09. The summed E-state index contributed by atoms with van der Waals surface area (Å²) in [6, 6.07) is 23.9. The Labute approximate surface area is 171 Å². The first-order valence-corrected chi connectivity index (χ1v) is 9.06. The molecule has 0 spiro atoms. The van der Waals surface area contributed by atoms with Crippen LogP contribution in [0.2, 0.25) is 0 Å². The fourth-order valence-electron chi connectivity index (χ4n) is 2.97. The van der Waals surface area contributed by atoms with Crippen LogP contribution in [0.1, 0.15) is 5.56 Å². The molecule has 0 fully saturated rings. The topological polar surface area (TPSA) is 112 Å². The minimum Gasteiger partial charge on any atom is -0.307 e. The van der Waals surface area contributed by atoms with Crippen LogP contribution in [0.15, 0.2) is 83.7 Å². The van der Waals surface area contributed by atoms with Gasteiger partial charge in [-0.2, -0.15) is 5.26 Å². The van der Waals surface area contributed by atoms with Crippen LogP contribution in [-0.4, -0.2) is 15.6 Å². The fraction of sp³-hybridized carbons (Fsp3) is 0. The number of benzene rings is 3. The van der Waals surface area contributed by atoms with E-state index in [1.54, 1.807) is 60.7 Å². The molecule has 0 aliphatic carbocycles. The average molecular weight is 396 g/mol. The number of hydrogen-bond acceptors (Lipinski definition) is 5. The summed E-state index contributed by atoms with van der Waals surface area (Å²) in [6.07, 6.45) is 0. The van der Waals surface area contributed by atoms with Gasteiger partial charge >= 0.3 is 6.03 Å². The van der Waals surface area contributed by atoms with Gasteiger partial charge in [-0.1, -0.05) is 36.4 Å². The van der Waals surface area contributed by atoms with Crippen LogP contribution in [-0.2, 0) is 0 Å². The normalized spacial score (nSPS) is 10.2. The number of para-hydroxylation sites is 2. The summed E-state index contributed by atoms with van der Waals surface area (Å²) in [6.45, 7) is 0. The zero-order chi connectivity index (χ0) is 20.9. The second-order valence-electron chi connectivity index (χ2n) is 6.33. The Hall–Kier alpha value is -4.64. The summed E-state index contributed by atoms with van der Waals surface area (Å²) in [5.74, 6) is 0.158. The molecule has 8 nitrogen and oxygen atoms in total. The minimum atomic E-state index is -0.577. The highest BCUT2D eigenvalue weighted by Gasteiger charge is 2.13. The van der Waals surface area contributed by atoms with Crippen molar-refractivity contribution in [2.45, 2.75) is 0 Å². The highest BCUT2D eigenvalue weighted by Crippen LogP contribution is 2.15. The van der Waals surface area contributed by atoms with E-state index in [-0.39, 0.29) is 11.5 Å². The molecule has 4 rings (SSSR count). The first kappa shape index (κ1) is 18.7. The highest BCUT2D eigenvalue weighted by molar-refractivity contribution is 5.90. The lowest BCUT2D eigenvalue weighted by Gasteiger charge is -2.15. The van der Waals surface area contributed by atoms with E-state index in [1.807, 2.05) is 24.3 Å². The Morgan fingerprint density at radius 3 is 2.53 bits per heavy atom.